The van der Waals surface area contributed by atoms with Gasteiger partial charge in [0.05, 0.1) is 6.10 Å². The standard InChI is InChI=1S/C15H20ClNO3/c16-12-5-7-13(8-6-12)17(11-15(18)19)9-1-3-14-4-2-10-20-14/h5-8,14H,1-4,9-11H2,(H,18,19). The Morgan fingerprint density at radius 3 is 2.75 bits per heavy atom. The summed E-state index contributed by atoms with van der Waals surface area (Å²) in [5.74, 6) is -0.822. The molecule has 2 rings (SSSR count). The summed E-state index contributed by atoms with van der Waals surface area (Å²) in [6.07, 6.45) is 4.54. The van der Waals surface area contributed by atoms with Crippen LogP contribution in [0.2, 0.25) is 5.02 Å². The molecule has 1 unspecified atom stereocenters. The number of nitrogens with zero attached hydrogens (tertiary/aromatic N) is 1. The molecule has 1 saturated heterocycles. The molecular formula is C15H20ClNO3. The van der Waals surface area contributed by atoms with Crippen molar-refractivity contribution in [3.63, 3.8) is 0 Å². The van der Waals surface area contributed by atoms with Crippen molar-refractivity contribution < 1.29 is 14.6 Å². The summed E-state index contributed by atoms with van der Waals surface area (Å²) < 4.78 is 5.58. The number of carbonyl (C=O) groups is 1. The molecule has 1 N–H and O–H groups in total. The minimum absolute atomic E-state index is 0.00710. The van der Waals surface area contributed by atoms with E-state index >= 15 is 0 Å². The second-order valence-electron chi connectivity index (χ2n) is 5.07. The fourth-order valence-electron chi connectivity index (χ4n) is 2.50. The summed E-state index contributed by atoms with van der Waals surface area (Å²) >= 11 is 5.86. The fourth-order valence-corrected chi connectivity index (χ4v) is 2.62. The molecule has 20 heavy (non-hydrogen) atoms. The highest BCUT2D eigenvalue weighted by molar-refractivity contribution is 6.30. The predicted molar refractivity (Wildman–Crippen MR) is 79.5 cm³/mol. The third-order valence-electron chi connectivity index (χ3n) is 3.50. The maximum atomic E-state index is 11.0. The van der Waals surface area contributed by atoms with E-state index in [0.717, 1.165) is 38.0 Å². The van der Waals surface area contributed by atoms with Gasteiger partial charge in [0, 0.05) is 23.9 Å². The molecule has 110 valence electrons. The Balaban J connectivity index is 1.89. The zero-order valence-electron chi connectivity index (χ0n) is 11.4. The van der Waals surface area contributed by atoms with Crippen molar-refractivity contribution in [2.45, 2.75) is 31.8 Å². The van der Waals surface area contributed by atoms with Gasteiger partial charge in [0.25, 0.3) is 0 Å². The van der Waals surface area contributed by atoms with Crippen LogP contribution >= 0.6 is 11.6 Å². The van der Waals surface area contributed by atoms with Gasteiger partial charge in [-0.05, 0) is 49.9 Å². The first-order valence-electron chi connectivity index (χ1n) is 6.99. The van der Waals surface area contributed by atoms with Gasteiger partial charge in [0.2, 0.25) is 0 Å². The molecule has 4 nitrogen and oxygen atoms in total. The smallest absolute Gasteiger partial charge is 0.323 e. The molecule has 0 aliphatic carbocycles. The Morgan fingerprint density at radius 2 is 2.15 bits per heavy atom. The van der Waals surface area contributed by atoms with E-state index in [1.165, 1.54) is 0 Å². The number of hydrogen-bond acceptors (Lipinski definition) is 3. The molecule has 0 amide bonds. The molecule has 0 spiro atoms. The van der Waals surface area contributed by atoms with Crippen molar-refractivity contribution in [3.8, 4) is 0 Å². The molecule has 0 bridgehead atoms. The van der Waals surface area contributed by atoms with E-state index in [1.807, 2.05) is 17.0 Å². The van der Waals surface area contributed by atoms with Gasteiger partial charge in [-0.15, -0.1) is 0 Å². The molecule has 1 aromatic carbocycles. The Bertz CT molecular complexity index is 429. The van der Waals surface area contributed by atoms with Crippen LogP contribution in [0.1, 0.15) is 25.7 Å². The lowest BCUT2D eigenvalue weighted by molar-refractivity contribution is -0.135. The van der Waals surface area contributed by atoms with Gasteiger partial charge in [-0.25, -0.2) is 0 Å². The van der Waals surface area contributed by atoms with E-state index in [1.54, 1.807) is 12.1 Å². The van der Waals surface area contributed by atoms with E-state index in [2.05, 4.69) is 0 Å². The summed E-state index contributed by atoms with van der Waals surface area (Å²) in [6, 6.07) is 7.28. The number of carboxylic acid groups (broad SMARTS) is 1. The average Bonchev–Trinajstić information content (AvgIpc) is 2.91. The third-order valence-corrected chi connectivity index (χ3v) is 3.75. The molecule has 1 heterocycles. The monoisotopic (exact) mass is 297 g/mol. The summed E-state index contributed by atoms with van der Waals surface area (Å²) in [6.45, 7) is 1.58. The van der Waals surface area contributed by atoms with Gasteiger partial charge < -0.3 is 14.7 Å². The molecule has 0 radical (unpaired) electrons. The van der Waals surface area contributed by atoms with Gasteiger partial charge in [-0.2, -0.15) is 0 Å². The van der Waals surface area contributed by atoms with E-state index in [-0.39, 0.29) is 6.54 Å². The number of halogens is 1. The number of benzene rings is 1. The maximum absolute atomic E-state index is 11.0. The molecule has 0 aromatic heterocycles. The van der Waals surface area contributed by atoms with Gasteiger partial charge in [-0.3, -0.25) is 4.79 Å². The summed E-state index contributed by atoms with van der Waals surface area (Å²) in [5, 5.41) is 9.67. The van der Waals surface area contributed by atoms with E-state index in [0.29, 0.717) is 17.7 Å². The zero-order chi connectivity index (χ0) is 14.4. The normalized spacial score (nSPS) is 18.1. The van der Waals surface area contributed by atoms with Crippen molar-refractivity contribution >= 4 is 23.3 Å². The summed E-state index contributed by atoms with van der Waals surface area (Å²) in [7, 11) is 0. The number of aliphatic carboxylic acids is 1. The van der Waals surface area contributed by atoms with Crippen molar-refractivity contribution in [1.29, 1.82) is 0 Å². The summed E-state index contributed by atoms with van der Waals surface area (Å²) in [5.41, 5.74) is 0.893. The number of carboxylic acids is 1. The van der Waals surface area contributed by atoms with Crippen LogP contribution in [-0.2, 0) is 9.53 Å². The van der Waals surface area contributed by atoms with Crippen LogP contribution in [0.15, 0.2) is 24.3 Å². The minimum Gasteiger partial charge on any atom is -0.480 e. The highest BCUT2D eigenvalue weighted by Gasteiger charge is 2.16. The van der Waals surface area contributed by atoms with Crippen LogP contribution in [0.4, 0.5) is 5.69 Å². The first-order chi connectivity index (χ1) is 9.65. The van der Waals surface area contributed by atoms with Gasteiger partial charge in [-0.1, -0.05) is 11.6 Å². The van der Waals surface area contributed by atoms with E-state index in [4.69, 9.17) is 21.4 Å². The van der Waals surface area contributed by atoms with Crippen molar-refractivity contribution in [2.24, 2.45) is 0 Å². The SMILES string of the molecule is O=C(O)CN(CCCC1CCCO1)c1ccc(Cl)cc1. The van der Waals surface area contributed by atoms with E-state index < -0.39 is 5.97 Å². The molecule has 1 atom stereocenters. The van der Waals surface area contributed by atoms with Crippen molar-refractivity contribution in [3.05, 3.63) is 29.3 Å². The molecule has 1 aliphatic heterocycles. The largest absolute Gasteiger partial charge is 0.480 e. The first kappa shape index (κ1) is 15.1. The third kappa shape index (κ3) is 4.69. The zero-order valence-corrected chi connectivity index (χ0v) is 12.2. The van der Waals surface area contributed by atoms with Crippen LogP contribution in [-0.4, -0.2) is 36.9 Å². The maximum Gasteiger partial charge on any atom is 0.323 e. The topological polar surface area (TPSA) is 49.8 Å². The fraction of sp³-hybridized carbons (Fsp3) is 0.533. The van der Waals surface area contributed by atoms with Gasteiger partial charge in [0.1, 0.15) is 6.54 Å². The second-order valence-corrected chi connectivity index (χ2v) is 5.51. The molecular weight excluding hydrogens is 278 g/mol. The van der Waals surface area contributed by atoms with Crippen LogP contribution in [0, 0.1) is 0 Å². The molecule has 5 heteroatoms. The summed E-state index contributed by atoms with van der Waals surface area (Å²) in [4.78, 5) is 12.8. The lowest BCUT2D eigenvalue weighted by atomic mass is 10.1. The lowest BCUT2D eigenvalue weighted by Gasteiger charge is -2.23. The number of hydrogen-bond donors (Lipinski definition) is 1. The predicted octanol–water partition coefficient (Wildman–Crippen LogP) is 3.19. The Hall–Kier alpha value is -1.26. The van der Waals surface area contributed by atoms with Gasteiger partial charge >= 0.3 is 5.97 Å². The molecule has 1 fully saturated rings. The molecule has 1 aromatic rings. The molecule has 1 aliphatic rings. The highest BCUT2D eigenvalue weighted by atomic mass is 35.5. The minimum atomic E-state index is -0.822. The lowest BCUT2D eigenvalue weighted by Crippen LogP contribution is -2.31. The van der Waals surface area contributed by atoms with Gasteiger partial charge in [0.15, 0.2) is 0 Å². The number of rotatable bonds is 7. The first-order valence-corrected chi connectivity index (χ1v) is 7.37. The molecule has 0 saturated carbocycles. The Labute approximate surface area is 124 Å². The average molecular weight is 298 g/mol. The number of ether oxygens (including phenoxy) is 1. The highest BCUT2D eigenvalue weighted by Crippen LogP contribution is 2.20. The van der Waals surface area contributed by atoms with Crippen LogP contribution in [0.25, 0.3) is 0 Å². The van der Waals surface area contributed by atoms with E-state index in [9.17, 15) is 4.79 Å². The van der Waals surface area contributed by atoms with Crippen LogP contribution < -0.4 is 4.90 Å². The van der Waals surface area contributed by atoms with Crippen molar-refractivity contribution in [1.82, 2.24) is 0 Å². The Morgan fingerprint density at radius 1 is 1.40 bits per heavy atom. The van der Waals surface area contributed by atoms with Crippen molar-refractivity contribution in [2.75, 3.05) is 24.6 Å². The Kier molecular flexibility index (Phi) is 5.68. The van der Waals surface area contributed by atoms with Crippen LogP contribution in [0.3, 0.4) is 0 Å². The van der Waals surface area contributed by atoms with Crippen LogP contribution in [0.5, 0.6) is 0 Å². The second kappa shape index (κ2) is 7.50. The quantitative estimate of drug-likeness (QED) is 0.840. The number of anilines is 1.